The van der Waals surface area contributed by atoms with Crippen LogP contribution in [-0.2, 0) is 5.41 Å². The Hall–Kier alpha value is -7.71. The van der Waals surface area contributed by atoms with E-state index >= 15 is 0 Å². The van der Waals surface area contributed by atoms with E-state index in [-0.39, 0.29) is 0 Å². The zero-order valence-electron chi connectivity index (χ0n) is 34.2. The topological polar surface area (TPSA) is 29.0 Å². The van der Waals surface area contributed by atoms with Gasteiger partial charge in [-0.3, -0.25) is 4.90 Å². The molecule has 3 aliphatic rings. The van der Waals surface area contributed by atoms with E-state index in [1.54, 1.807) is 0 Å². The molecule has 2 heterocycles. The Kier molecular flexibility index (Phi) is 8.10. The molecule has 294 valence electrons. The summed E-state index contributed by atoms with van der Waals surface area (Å²) >= 11 is 0. The van der Waals surface area contributed by atoms with Crippen LogP contribution in [0.5, 0.6) is 0 Å². The van der Waals surface area contributed by atoms with Crippen molar-refractivity contribution in [2.75, 3.05) is 4.90 Å². The van der Waals surface area contributed by atoms with Crippen molar-refractivity contribution in [2.45, 2.75) is 5.41 Å². The van der Waals surface area contributed by atoms with Gasteiger partial charge in [-0.2, -0.15) is 0 Å². The summed E-state index contributed by atoms with van der Waals surface area (Å²) in [5.74, 6) is 1.52. The molecule has 1 aliphatic heterocycles. The molecule has 13 rings (SSSR count). The first kappa shape index (κ1) is 36.0. The second kappa shape index (κ2) is 14.2. The predicted octanol–water partition coefficient (Wildman–Crippen LogP) is 13.4. The molecule has 4 heteroatoms. The maximum atomic E-state index is 5.49. The number of benzene rings is 9. The van der Waals surface area contributed by atoms with Gasteiger partial charge in [0.25, 0.3) is 0 Å². The van der Waals surface area contributed by atoms with Crippen LogP contribution in [0.2, 0.25) is 0 Å². The van der Waals surface area contributed by atoms with Crippen molar-refractivity contribution in [3.63, 3.8) is 0 Å². The first-order chi connectivity index (χ1) is 31.3. The number of hydrogen-bond acceptors (Lipinski definition) is 3. The van der Waals surface area contributed by atoms with Gasteiger partial charge in [0, 0.05) is 27.8 Å². The number of rotatable bonds is 5. The molecule has 3 nitrogen and oxygen atoms in total. The van der Waals surface area contributed by atoms with Gasteiger partial charge in [0.15, 0.2) is 5.82 Å². The minimum atomic E-state index is -0.887. The summed E-state index contributed by atoms with van der Waals surface area (Å²) in [6.07, 6.45) is 0. The number of aromatic nitrogens is 2. The zero-order valence-corrected chi connectivity index (χ0v) is 35.1. The Morgan fingerprint density at radius 2 is 0.873 bits per heavy atom. The predicted molar refractivity (Wildman–Crippen MR) is 262 cm³/mol. The minimum absolute atomic E-state index is 0.455. The van der Waals surface area contributed by atoms with E-state index in [1.165, 1.54) is 71.5 Å². The third-order valence-corrected chi connectivity index (χ3v) is 15.7. The van der Waals surface area contributed by atoms with Gasteiger partial charge in [-0.25, -0.2) is 9.97 Å². The monoisotopic (exact) mass is 819 g/mol. The Morgan fingerprint density at radius 3 is 1.54 bits per heavy atom. The standard InChI is InChI=1S/C59H38N3P/c1-4-18-39(19-5-1)41-33-35-54-56(37-41)63(43-22-8-3-9-23-43)55-31-17-16-30-53(55)62(54)57-38-52(60-58(61-57)40-20-6-2-7-21-40)42-32-34-47-46-26-12-15-29-50(46)59(51(47)36-42)48-27-13-10-24-44(48)45-25-11-14-28-49(45)59/h1-38H. The summed E-state index contributed by atoms with van der Waals surface area (Å²) in [4.78, 5) is 13.3. The molecular weight excluding hydrogens is 782 g/mol. The van der Waals surface area contributed by atoms with Crippen LogP contribution in [-0.4, -0.2) is 9.97 Å². The fourth-order valence-corrected chi connectivity index (χ4v) is 13.2. The van der Waals surface area contributed by atoms with Crippen LogP contribution in [0.4, 0.5) is 17.2 Å². The van der Waals surface area contributed by atoms with Gasteiger partial charge in [0.2, 0.25) is 0 Å². The molecule has 9 aromatic carbocycles. The van der Waals surface area contributed by atoms with E-state index < -0.39 is 13.3 Å². The average molecular weight is 820 g/mol. The number of anilines is 3. The normalized spacial score (nSPS) is 14.6. The van der Waals surface area contributed by atoms with E-state index in [0.717, 1.165) is 34.0 Å². The molecule has 2 aliphatic carbocycles. The lowest BCUT2D eigenvalue weighted by atomic mass is 9.70. The minimum Gasteiger partial charge on any atom is -0.294 e. The lowest BCUT2D eigenvalue weighted by molar-refractivity contribution is 0.794. The van der Waals surface area contributed by atoms with Crippen LogP contribution in [0.15, 0.2) is 231 Å². The number of hydrogen-bond donors (Lipinski definition) is 0. The van der Waals surface area contributed by atoms with Crippen molar-refractivity contribution in [1.29, 1.82) is 0 Å². The van der Waals surface area contributed by atoms with Gasteiger partial charge in [-0.15, -0.1) is 0 Å². The van der Waals surface area contributed by atoms with Gasteiger partial charge in [0.05, 0.1) is 22.5 Å². The van der Waals surface area contributed by atoms with E-state index in [9.17, 15) is 0 Å². The van der Waals surface area contributed by atoms with E-state index in [4.69, 9.17) is 9.97 Å². The molecule has 0 saturated heterocycles. The van der Waals surface area contributed by atoms with Crippen LogP contribution < -0.4 is 20.8 Å². The van der Waals surface area contributed by atoms with Crippen molar-refractivity contribution < 1.29 is 0 Å². The summed E-state index contributed by atoms with van der Waals surface area (Å²) in [6.45, 7) is 0. The van der Waals surface area contributed by atoms with Gasteiger partial charge in [0.1, 0.15) is 5.82 Å². The van der Waals surface area contributed by atoms with E-state index in [1.807, 2.05) is 0 Å². The second-order valence-corrected chi connectivity index (χ2v) is 18.7. The van der Waals surface area contributed by atoms with Crippen molar-refractivity contribution in [3.8, 4) is 56.0 Å². The van der Waals surface area contributed by atoms with Gasteiger partial charge in [-0.05, 0) is 93.1 Å². The van der Waals surface area contributed by atoms with Crippen molar-refractivity contribution in [1.82, 2.24) is 9.97 Å². The van der Waals surface area contributed by atoms with Crippen LogP contribution in [0.1, 0.15) is 22.3 Å². The molecule has 1 atom stereocenters. The third kappa shape index (κ3) is 5.37. The van der Waals surface area contributed by atoms with Crippen molar-refractivity contribution >= 4 is 41.0 Å². The van der Waals surface area contributed by atoms with Crippen LogP contribution in [0.25, 0.3) is 56.0 Å². The molecule has 1 unspecified atom stereocenters. The molecule has 0 radical (unpaired) electrons. The summed E-state index contributed by atoms with van der Waals surface area (Å²) in [5, 5.41) is 3.92. The zero-order chi connectivity index (χ0) is 41.5. The third-order valence-electron chi connectivity index (χ3n) is 13.2. The first-order valence-corrected chi connectivity index (χ1v) is 22.9. The number of fused-ring (bicyclic) bond motifs is 12. The average Bonchev–Trinajstić information content (AvgIpc) is 3.83. The van der Waals surface area contributed by atoms with Crippen LogP contribution >= 0.6 is 7.92 Å². The highest BCUT2D eigenvalue weighted by atomic mass is 31.1. The van der Waals surface area contributed by atoms with Crippen molar-refractivity contribution in [3.05, 3.63) is 253 Å². The molecule has 0 fully saturated rings. The van der Waals surface area contributed by atoms with Crippen molar-refractivity contribution in [2.24, 2.45) is 0 Å². The maximum Gasteiger partial charge on any atom is 0.162 e. The Balaban J connectivity index is 1.05. The molecule has 0 bridgehead atoms. The quantitative estimate of drug-likeness (QED) is 0.162. The first-order valence-electron chi connectivity index (χ1n) is 21.6. The van der Waals surface area contributed by atoms with Crippen LogP contribution in [0, 0.1) is 0 Å². The summed E-state index contributed by atoms with van der Waals surface area (Å²) in [6, 6.07) is 84.3. The maximum absolute atomic E-state index is 5.49. The Morgan fingerprint density at radius 1 is 0.349 bits per heavy atom. The lowest BCUT2D eigenvalue weighted by Gasteiger charge is -2.38. The Labute approximate surface area is 368 Å². The molecular formula is C59H38N3P. The number of nitrogens with zero attached hydrogens (tertiary/aromatic N) is 3. The smallest absolute Gasteiger partial charge is 0.162 e. The molecule has 1 aromatic heterocycles. The Bertz CT molecular complexity index is 3360. The highest BCUT2D eigenvalue weighted by Crippen LogP contribution is 2.63. The van der Waals surface area contributed by atoms with Gasteiger partial charge < -0.3 is 0 Å². The largest absolute Gasteiger partial charge is 0.294 e. The molecule has 0 N–H and O–H groups in total. The van der Waals surface area contributed by atoms with E-state index in [2.05, 4.69) is 235 Å². The summed E-state index contributed by atoms with van der Waals surface area (Å²) < 4.78 is 0. The molecule has 0 amide bonds. The summed E-state index contributed by atoms with van der Waals surface area (Å²) in [7, 11) is -0.887. The molecule has 10 aromatic rings. The van der Waals surface area contributed by atoms with Crippen LogP contribution in [0.3, 0.4) is 0 Å². The fraction of sp³-hybridized carbons (Fsp3) is 0.0169. The van der Waals surface area contributed by atoms with Gasteiger partial charge in [-0.1, -0.05) is 200 Å². The summed E-state index contributed by atoms with van der Waals surface area (Å²) in [5.41, 5.74) is 17.5. The highest BCUT2D eigenvalue weighted by Gasteiger charge is 2.51. The fourth-order valence-electron chi connectivity index (χ4n) is 10.6. The van der Waals surface area contributed by atoms with Gasteiger partial charge >= 0.3 is 0 Å². The molecule has 0 saturated carbocycles. The lowest BCUT2D eigenvalue weighted by Crippen LogP contribution is -2.34. The number of para-hydroxylation sites is 1. The highest BCUT2D eigenvalue weighted by molar-refractivity contribution is 7.80. The second-order valence-electron chi connectivity index (χ2n) is 16.5. The van der Waals surface area contributed by atoms with E-state index in [0.29, 0.717) is 5.82 Å². The molecule has 1 spiro atoms. The SMILES string of the molecule is c1ccc(-c2ccc3c(c2)P(c2ccccc2)c2ccccc2N3c2cc(-c3ccc4c(c3)C3(c5ccccc5-c5ccccc53)c3ccccc3-4)nc(-c3ccccc3)n2)cc1. The molecule has 63 heavy (non-hydrogen) atoms.